The number of hydrogen-bond donors (Lipinski definition) is 0. The first-order chi connectivity index (χ1) is 16.6. The molecule has 0 saturated heterocycles. The number of benzene rings is 2. The van der Waals surface area contributed by atoms with Crippen molar-refractivity contribution < 1.29 is 28.5 Å². The Morgan fingerprint density at radius 1 is 0.647 bits per heavy atom. The molecule has 0 N–H and O–H groups in total. The smallest absolute Gasteiger partial charge is 0.331 e. The van der Waals surface area contributed by atoms with Crippen LogP contribution in [0.1, 0.15) is 36.8 Å². The number of carbonyl (C=O) groups is 2. The third-order valence-corrected chi connectivity index (χ3v) is 6.66. The predicted octanol–water partition coefficient (Wildman–Crippen LogP) is 5.07. The van der Waals surface area contributed by atoms with Crippen molar-refractivity contribution >= 4 is 24.1 Å². The molecule has 0 aromatic heterocycles. The molecule has 6 heteroatoms. The molecule has 2 aliphatic rings. The third kappa shape index (κ3) is 5.87. The van der Waals surface area contributed by atoms with Gasteiger partial charge in [-0.15, -0.1) is 0 Å². The Bertz CT molecular complexity index is 952. The van der Waals surface area contributed by atoms with Crippen LogP contribution in [0.25, 0.3) is 12.2 Å². The highest BCUT2D eigenvalue weighted by atomic mass is 16.6. The van der Waals surface area contributed by atoms with Gasteiger partial charge in [0.15, 0.2) is 0 Å². The maximum atomic E-state index is 12.4. The number of hydrogen-bond acceptors (Lipinski definition) is 6. The maximum Gasteiger partial charge on any atom is 0.331 e. The van der Waals surface area contributed by atoms with Gasteiger partial charge >= 0.3 is 11.9 Å². The largest absolute Gasteiger partial charge is 0.497 e. The Kier molecular flexibility index (Phi) is 7.68. The van der Waals surface area contributed by atoms with Crippen molar-refractivity contribution in [2.45, 2.75) is 37.9 Å². The third-order valence-electron chi connectivity index (χ3n) is 6.66. The zero-order chi connectivity index (χ0) is 23.9. The highest BCUT2D eigenvalue weighted by Gasteiger charge is 2.47. The molecule has 2 aromatic carbocycles. The zero-order valence-electron chi connectivity index (χ0n) is 19.5. The number of ether oxygens (including phenoxy) is 4. The highest BCUT2D eigenvalue weighted by molar-refractivity contribution is 5.87. The van der Waals surface area contributed by atoms with E-state index in [0.29, 0.717) is 0 Å². The summed E-state index contributed by atoms with van der Waals surface area (Å²) in [5.74, 6) is 1.32. The molecule has 2 aliphatic carbocycles. The molecule has 2 aromatic rings. The number of carbonyl (C=O) groups excluding carboxylic acids is 2. The van der Waals surface area contributed by atoms with Gasteiger partial charge in [-0.2, -0.15) is 0 Å². The van der Waals surface area contributed by atoms with Crippen molar-refractivity contribution in [1.82, 2.24) is 0 Å². The second-order valence-electron chi connectivity index (χ2n) is 8.65. The van der Waals surface area contributed by atoms with Gasteiger partial charge in [0, 0.05) is 24.0 Å². The van der Waals surface area contributed by atoms with E-state index in [4.69, 9.17) is 18.9 Å². The summed E-state index contributed by atoms with van der Waals surface area (Å²) in [5.41, 5.74) is 1.80. The van der Waals surface area contributed by atoms with Crippen LogP contribution in [-0.2, 0) is 19.1 Å². The van der Waals surface area contributed by atoms with E-state index < -0.39 is 0 Å². The van der Waals surface area contributed by atoms with Crippen LogP contribution in [0, 0.1) is 11.8 Å². The fourth-order valence-corrected chi connectivity index (χ4v) is 4.92. The van der Waals surface area contributed by atoms with Gasteiger partial charge in [0.1, 0.15) is 23.7 Å². The molecule has 0 amide bonds. The second kappa shape index (κ2) is 11.1. The molecule has 2 fully saturated rings. The summed E-state index contributed by atoms with van der Waals surface area (Å²) in [5, 5.41) is 0. The topological polar surface area (TPSA) is 71.1 Å². The minimum Gasteiger partial charge on any atom is -0.497 e. The molecule has 0 bridgehead atoms. The predicted molar refractivity (Wildman–Crippen MR) is 129 cm³/mol. The molecule has 0 spiro atoms. The van der Waals surface area contributed by atoms with E-state index in [9.17, 15) is 9.59 Å². The monoisotopic (exact) mass is 462 g/mol. The molecule has 4 atom stereocenters. The summed E-state index contributed by atoms with van der Waals surface area (Å²) >= 11 is 0. The van der Waals surface area contributed by atoms with Crippen molar-refractivity contribution in [3.63, 3.8) is 0 Å². The Morgan fingerprint density at radius 3 is 1.38 bits per heavy atom. The molecule has 0 aliphatic heterocycles. The van der Waals surface area contributed by atoms with Crippen molar-refractivity contribution in [2.24, 2.45) is 11.8 Å². The van der Waals surface area contributed by atoms with Crippen LogP contribution in [0.15, 0.2) is 60.7 Å². The first kappa shape index (κ1) is 23.6. The lowest BCUT2D eigenvalue weighted by Gasteiger charge is -2.20. The fourth-order valence-electron chi connectivity index (χ4n) is 4.92. The molecule has 0 radical (unpaired) electrons. The molecule has 2 saturated carbocycles. The number of esters is 2. The molecule has 4 rings (SSSR count). The van der Waals surface area contributed by atoms with Crippen LogP contribution in [0.2, 0.25) is 0 Å². The maximum absolute atomic E-state index is 12.4. The lowest BCUT2D eigenvalue weighted by atomic mass is 9.98. The van der Waals surface area contributed by atoms with Gasteiger partial charge in [0.25, 0.3) is 0 Å². The molecule has 6 nitrogen and oxygen atoms in total. The SMILES string of the molecule is COc1ccc(/C=C/C(=O)O[C@H]2CC[C@H]3[C@@H]2CC[C@H]3OC(=O)/C=C/c2ccc(OC)cc2)cc1. The Balaban J connectivity index is 1.26. The standard InChI is InChI=1S/C28H30O6/c1-31-21-9-3-19(4-10-21)7-17-27(29)33-25-15-13-24-23(25)14-16-26(24)34-28(30)18-8-20-5-11-22(32-2)12-6-20/h3-12,17-18,23-26H,13-16H2,1-2H3/b17-7+,18-8+/t23-,24-,25-,26+/m0/s1. The van der Waals surface area contributed by atoms with E-state index in [1.165, 1.54) is 12.2 Å². The van der Waals surface area contributed by atoms with Crippen molar-refractivity contribution in [2.75, 3.05) is 14.2 Å². The average molecular weight is 463 g/mol. The quantitative estimate of drug-likeness (QED) is 0.403. The zero-order valence-corrected chi connectivity index (χ0v) is 19.5. The number of methoxy groups -OCH3 is 2. The van der Waals surface area contributed by atoms with Crippen LogP contribution in [0.5, 0.6) is 11.5 Å². The van der Waals surface area contributed by atoms with Gasteiger partial charge in [-0.05, 0) is 73.2 Å². The van der Waals surface area contributed by atoms with Crippen LogP contribution < -0.4 is 9.47 Å². The van der Waals surface area contributed by atoms with Gasteiger partial charge in [-0.1, -0.05) is 24.3 Å². The van der Waals surface area contributed by atoms with E-state index in [2.05, 4.69) is 0 Å². The van der Waals surface area contributed by atoms with Crippen molar-refractivity contribution in [1.29, 1.82) is 0 Å². The minimum absolute atomic E-state index is 0.128. The molecule has 0 heterocycles. The van der Waals surface area contributed by atoms with E-state index in [-0.39, 0.29) is 36.0 Å². The summed E-state index contributed by atoms with van der Waals surface area (Å²) in [4.78, 5) is 24.7. The van der Waals surface area contributed by atoms with Gasteiger partial charge < -0.3 is 18.9 Å². The van der Waals surface area contributed by atoms with E-state index >= 15 is 0 Å². The average Bonchev–Trinajstić information content (AvgIpc) is 3.45. The first-order valence-electron chi connectivity index (χ1n) is 11.6. The van der Waals surface area contributed by atoms with Crippen molar-refractivity contribution in [3.8, 4) is 11.5 Å². The summed E-state index contributed by atoms with van der Waals surface area (Å²) < 4.78 is 21.8. The van der Waals surface area contributed by atoms with Crippen LogP contribution in [-0.4, -0.2) is 38.4 Å². The van der Waals surface area contributed by atoms with Gasteiger partial charge in [-0.25, -0.2) is 9.59 Å². The lowest BCUT2D eigenvalue weighted by Crippen LogP contribution is -2.25. The summed E-state index contributed by atoms with van der Waals surface area (Å²) in [7, 11) is 3.23. The summed E-state index contributed by atoms with van der Waals surface area (Å²) in [6.45, 7) is 0. The fraction of sp³-hybridized carbons (Fsp3) is 0.357. The molecular weight excluding hydrogens is 432 g/mol. The Morgan fingerprint density at radius 2 is 1.03 bits per heavy atom. The lowest BCUT2D eigenvalue weighted by molar-refractivity contribution is -0.147. The summed E-state index contributed by atoms with van der Waals surface area (Å²) in [6.07, 6.45) is 9.53. The van der Waals surface area contributed by atoms with E-state index in [1.54, 1.807) is 26.4 Å². The van der Waals surface area contributed by atoms with Crippen LogP contribution >= 0.6 is 0 Å². The Labute approximate surface area is 200 Å². The second-order valence-corrected chi connectivity index (χ2v) is 8.65. The van der Waals surface area contributed by atoms with E-state index in [0.717, 1.165) is 48.3 Å². The normalized spacial score (nSPS) is 23.7. The van der Waals surface area contributed by atoms with E-state index in [1.807, 2.05) is 48.5 Å². The summed E-state index contributed by atoms with van der Waals surface area (Å²) in [6, 6.07) is 14.9. The highest BCUT2D eigenvalue weighted by Crippen LogP contribution is 2.46. The van der Waals surface area contributed by atoms with Gasteiger partial charge in [0.05, 0.1) is 14.2 Å². The molecule has 0 unspecified atom stereocenters. The van der Waals surface area contributed by atoms with Crippen LogP contribution in [0.4, 0.5) is 0 Å². The first-order valence-corrected chi connectivity index (χ1v) is 11.6. The van der Waals surface area contributed by atoms with Crippen molar-refractivity contribution in [3.05, 3.63) is 71.8 Å². The molecular formula is C28H30O6. The minimum atomic E-state index is -0.343. The number of rotatable bonds is 8. The molecule has 178 valence electrons. The van der Waals surface area contributed by atoms with Gasteiger partial charge in [0.2, 0.25) is 0 Å². The van der Waals surface area contributed by atoms with Crippen LogP contribution in [0.3, 0.4) is 0 Å². The molecule has 34 heavy (non-hydrogen) atoms. The van der Waals surface area contributed by atoms with Gasteiger partial charge in [-0.3, -0.25) is 0 Å². The Hall–Kier alpha value is -3.54. The number of fused-ring (bicyclic) bond motifs is 1.